The number of nitrogens with zero attached hydrogens (tertiary/aromatic N) is 4. The van der Waals surface area contributed by atoms with E-state index >= 15 is 0 Å². The Kier molecular flexibility index (Phi) is 4.58. The van der Waals surface area contributed by atoms with Crippen LogP contribution in [0.1, 0.15) is 29.3 Å². The van der Waals surface area contributed by atoms with Gasteiger partial charge in [0.05, 0.1) is 19.3 Å². The van der Waals surface area contributed by atoms with Gasteiger partial charge in [0.1, 0.15) is 4.88 Å². The third-order valence-electron chi connectivity index (χ3n) is 4.02. The SMILES string of the molecule is OCCn1nccc1C1CCN(c2ncc(C(F)(F)F)s2)CC1. The van der Waals surface area contributed by atoms with Crippen molar-refractivity contribution in [1.82, 2.24) is 14.8 Å². The summed E-state index contributed by atoms with van der Waals surface area (Å²) in [5, 5.41) is 13.7. The van der Waals surface area contributed by atoms with Crippen molar-refractivity contribution in [3.8, 4) is 0 Å². The van der Waals surface area contributed by atoms with Gasteiger partial charge < -0.3 is 10.0 Å². The second-order valence-electron chi connectivity index (χ2n) is 5.47. The van der Waals surface area contributed by atoms with E-state index in [4.69, 9.17) is 5.11 Å². The number of rotatable bonds is 4. The fourth-order valence-electron chi connectivity index (χ4n) is 2.88. The Balaban J connectivity index is 1.64. The monoisotopic (exact) mass is 346 g/mol. The highest BCUT2D eigenvalue weighted by molar-refractivity contribution is 7.15. The highest BCUT2D eigenvalue weighted by Crippen LogP contribution is 2.38. The summed E-state index contributed by atoms with van der Waals surface area (Å²) in [6.45, 7) is 1.83. The molecule has 1 aliphatic rings. The lowest BCUT2D eigenvalue weighted by molar-refractivity contribution is -0.134. The Labute approximate surface area is 135 Å². The van der Waals surface area contributed by atoms with Crippen molar-refractivity contribution >= 4 is 16.5 Å². The molecule has 0 aliphatic carbocycles. The topological polar surface area (TPSA) is 54.2 Å². The molecule has 0 aromatic carbocycles. The van der Waals surface area contributed by atoms with Gasteiger partial charge in [-0.3, -0.25) is 4.68 Å². The van der Waals surface area contributed by atoms with Gasteiger partial charge in [0.2, 0.25) is 0 Å². The summed E-state index contributed by atoms with van der Waals surface area (Å²) in [4.78, 5) is 5.16. The van der Waals surface area contributed by atoms with Gasteiger partial charge in [0.25, 0.3) is 0 Å². The Hall–Kier alpha value is -1.61. The van der Waals surface area contributed by atoms with Crippen LogP contribution in [0.25, 0.3) is 0 Å². The first-order valence-electron chi connectivity index (χ1n) is 7.39. The summed E-state index contributed by atoms with van der Waals surface area (Å²) in [6.07, 6.45) is -0.0443. The molecule has 1 N–H and O–H groups in total. The fraction of sp³-hybridized carbons (Fsp3) is 0.571. The molecule has 0 amide bonds. The van der Waals surface area contributed by atoms with Crippen molar-refractivity contribution in [3.63, 3.8) is 0 Å². The van der Waals surface area contributed by atoms with E-state index in [0.717, 1.165) is 24.7 Å². The van der Waals surface area contributed by atoms with Crippen molar-refractivity contribution < 1.29 is 18.3 Å². The van der Waals surface area contributed by atoms with E-state index in [0.29, 0.717) is 42.0 Å². The molecule has 2 aromatic heterocycles. The highest BCUT2D eigenvalue weighted by atomic mass is 32.1. The molecule has 3 rings (SSSR count). The van der Waals surface area contributed by atoms with E-state index in [9.17, 15) is 13.2 Å². The normalized spacial score (nSPS) is 17.0. The summed E-state index contributed by atoms with van der Waals surface area (Å²) in [6, 6.07) is 1.95. The summed E-state index contributed by atoms with van der Waals surface area (Å²) in [5.41, 5.74) is 1.08. The second-order valence-corrected chi connectivity index (χ2v) is 6.48. The Morgan fingerprint density at radius 2 is 2.04 bits per heavy atom. The van der Waals surface area contributed by atoms with Crippen LogP contribution in [0.3, 0.4) is 0 Å². The summed E-state index contributed by atoms with van der Waals surface area (Å²) in [5.74, 6) is 0.308. The number of anilines is 1. The summed E-state index contributed by atoms with van der Waals surface area (Å²) >= 11 is 0.696. The van der Waals surface area contributed by atoms with Crippen LogP contribution in [0.2, 0.25) is 0 Å². The number of aliphatic hydroxyl groups is 1. The maximum absolute atomic E-state index is 12.7. The van der Waals surface area contributed by atoms with E-state index in [1.807, 2.05) is 11.0 Å². The molecule has 9 heteroatoms. The van der Waals surface area contributed by atoms with Crippen molar-refractivity contribution in [2.45, 2.75) is 31.5 Å². The standard InChI is InChI=1S/C14H17F3N4OS/c15-14(16,17)12-9-18-13(23-12)20-5-2-10(3-6-20)11-1-4-19-21(11)7-8-22/h1,4,9-10,22H,2-3,5-8H2. The van der Waals surface area contributed by atoms with Crippen LogP contribution in [-0.2, 0) is 12.7 Å². The van der Waals surface area contributed by atoms with Gasteiger partial charge in [0.15, 0.2) is 5.13 Å². The van der Waals surface area contributed by atoms with Crippen LogP contribution in [0.4, 0.5) is 18.3 Å². The number of thiazole rings is 1. The van der Waals surface area contributed by atoms with Gasteiger partial charge >= 0.3 is 6.18 Å². The lowest BCUT2D eigenvalue weighted by Crippen LogP contribution is -2.33. The molecule has 0 unspecified atom stereocenters. The maximum atomic E-state index is 12.7. The smallest absolute Gasteiger partial charge is 0.394 e. The van der Waals surface area contributed by atoms with Crippen molar-refractivity contribution in [3.05, 3.63) is 29.0 Å². The maximum Gasteiger partial charge on any atom is 0.427 e. The molecule has 0 spiro atoms. The number of aliphatic hydroxyl groups excluding tert-OH is 1. The summed E-state index contributed by atoms with van der Waals surface area (Å²) < 4.78 is 39.8. The van der Waals surface area contributed by atoms with Crippen LogP contribution >= 0.6 is 11.3 Å². The van der Waals surface area contributed by atoms with E-state index in [1.54, 1.807) is 10.9 Å². The summed E-state index contributed by atoms with van der Waals surface area (Å²) in [7, 11) is 0. The lowest BCUT2D eigenvalue weighted by Gasteiger charge is -2.32. The molecule has 2 aromatic rings. The van der Waals surface area contributed by atoms with E-state index < -0.39 is 11.1 Å². The molecule has 3 heterocycles. The number of hydrogen-bond donors (Lipinski definition) is 1. The van der Waals surface area contributed by atoms with Crippen LogP contribution in [0.5, 0.6) is 0 Å². The average molecular weight is 346 g/mol. The largest absolute Gasteiger partial charge is 0.427 e. The predicted molar refractivity (Wildman–Crippen MR) is 80.6 cm³/mol. The molecule has 23 heavy (non-hydrogen) atoms. The zero-order chi connectivity index (χ0) is 16.4. The average Bonchev–Trinajstić information content (AvgIpc) is 3.16. The first-order valence-corrected chi connectivity index (χ1v) is 8.21. The van der Waals surface area contributed by atoms with Gasteiger partial charge in [-0.15, -0.1) is 0 Å². The third kappa shape index (κ3) is 3.50. The van der Waals surface area contributed by atoms with Crippen molar-refractivity contribution in [1.29, 1.82) is 0 Å². The van der Waals surface area contributed by atoms with E-state index in [1.165, 1.54) is 0 Å². The number of aromatic nitrogens is 3. The van der Waals surface area contributed by atoms with Crippen molar-refractivity contribution in [2.24, 2.45) is 0 Å². The first-order chi connectivity index (χ1) is 11.0. The predicted octanol–water partition coefficient (Wildman–Crippen LogP) is 2.73. The minimum atomic E-state index is -4.33. The van der Waals surface area contributed by atoms with Crippen LogP contribution in [0.15, 0.2) is 18.5 Å². The molecular formula is C14H17F3N4OS. The molecule has 5 nitrogen and oxygen atoms in total. The van der Waals surface area contributed by atoms with Crippen LogP contribution in [-0.4, -0.2) is 39.6 Å². The second kappa shape index (κ2) is 6.48. The Morgan fingerprint density at radius 3 is 2.65 bits per heavy atom. The molecule has 0 saturated carbocycles. The molecule has 0 radical (unpaired) electrons. The van der Waals surface area contributed by atoms with Crippen LogP contribution in [0, 0.1) is 0 Å². The molecule has 1 saturated heterocycles. The van der Waals surface area contributed by atoms with Gasteiger partial charge in [0, 0.05) is 30.9 Å². The molecule has 0 atom stereocenters. The number of hydrogen-bond acceptors (Lipinski definition) is 5. The molecule has 1 fully saturated rings. The fourth-order valence-corrected chi connectivity index (χ4v) is 3.71. The molecule has 126 valence electrons. The quantitative estimate of drug-likeness (QED) is 0.925. The van der Waals surface area contributed by atoms with Gasteiger partial charge in [-0.2, -0.15) is 18.3 Å². The third-order valence-corrected chi connectivity index (χ3v) is 5.12. The number of piperidine rings is 1. The Bertz CT molecular complexity index is 646. The molecule has 1 aliphatic heterocycles. The zero-order valence-electron chi connectivity index (χ0n) is 12.3. The van der Waals surface area contributed by atoms with Crippen LogP contribution < -0.4 is 4.90 Å². The van der Waals surface area contributed by atoms with E-state index in [-0.39, 0.29) is 6.61 Å². The van der Waals surface area contributed by atoms with Crippen molar-refractivity contribution in [2.75, 3.05) is 24.6 Å². The van der Waals surface area contributed by atoms with Gasteiger partial charge in [-0.25, -0.2) is 4.98 Å². The minimum absolute atomic E-state index is 0.0346. The highest BCUT2D eigenvalue weighted by Gasteiger charge is 2.34. The number of alkyl halides is 3. The van der Waals surface area contributed by atoms with E-state index in [2.05, 4.69) is 10.1 Å². The minimum Gasteiger partial charge on any atom is -0.394 e. The Morgan fingerprint density at radius 1 is 1.30 bits per heavy atom. The van der Waals surface area contributed by atoms with Gasteiger partial charge in [-0.1, -0.05) is 11.3 Å². The van der Waals surface area contributed by atoms with Gasteiger partial charge in [-0.05, 0) is 18.9 Å². The first kappa shape index (κ1) is 16.3. The zero-order valence-corrected chi connectivity index (χ0v) is 13.1. The number of halogens is 3. The molecular weight excluding hydrogens is 329 g/mol. The molecule has 0 bridgehead atoms. The lowest BCUT2D eigenvalue weighted by atomic mass is 9.93.